The van der Waals surface area contributed by atoms with E-state index in [-0.39, 0.29) is 11.7 Å². The van der Waals surface area contributed by atoms with Crippen LogP contribution in [0.25, 0.3) is 0 Å². The molecule has 98 valence electrons. The maximum Gasteiger partial charge on any atom is 0.253 e. The van der Waals surface area contributed by atoms with E-state index in [2.05, 4.69) is 33.1 Å². The molecule has 1 aromatic rings. The lowest BCUT2D eigenvalue weighted by Gasteiger charge is -2.24. The molecular weight excluding hydrogens is 345 g/mol. The van der Waals surface area contributed by atoms with E-state index in [0.717, 1.165) is 9.13 Å². The van der Waals surface area contributed by atoms with Crippen molar-refractivity contribution in [3.05, 3.63) is 32.9 Å². The van der Waals surface area contributed by atoms with Crippen molar-refractivity contribution in [3.63, 3.8) is 0 Å². The number of carbonyl (C=O) groups is 1. The Morgan fingerprint density at radius 2 is 2.11 bits per heavy atom. The number of carbonyl (C=O) groups excluding carboxylic acids is 1. The second-order valence-corrected chi connectivity index (χ2v) is 5.58. The molecular formula is C12H16IN3O2. The van der Waals surface area contributed by atoms with Gasteiger partial charge in [-0.05, 0) is 55.0 Å². The lowest BCUT2D eigenvalue weighted by Crippen LogP contribution is -2.53. The molecule has 0 aliphatic rings. The number of oxime groups is 1. The van der Waals surface area contributed by atoms with Crippen LogP contribution in [0, 0.1) is 10.5 Å². The van der Waals surface area contributed by atoms with Crippen LogP contribution in [0.3, 0.4) is 0 Å². The number of aryl methyl sites for hydroxylation is 1. The van der Waals surface area contributed by atoms with Crippen LogP contribution in [0.1, 0.15) is 29.8 Å². The summed E-state index contributed by atoms with van der Waals surface area (Å²) in [4.78, 5) is 12.1. The number of amidine groups is 1. The average molecular weight is 361 g/mol. The summed E-state index contributed by atoms with van der Waals surface area (Å²) in [6, 6.07) is 5.50. The SMILES string of the molecule is Cc1cccc(C(=O)NC(C)(C)/C(N)=N/O)c1I. The van der Waals surface area contributed by atoms with E-state index < -0.39 is 5.54 Å². The molecule has 1 rings (SSSR count). The summed E-state index contributed by atoms with van der Waals surface area (Å²) in [6.45, 7) is 5.28. The van der Waals surface area contributed by atoms with Gasteiger partial charge in [-0.15, -0.1) is 0 Å². The molecule has 0 aliphatic carbocycles. The summed E-state index contributed by atoms with van der Waals surface area (Å²) < 4.78 is 0.892. The van der Waals surface area contributed by atoms with E-state index in [0.29, 0.717) is 5.56 Å². The summed E-state index contributed by atoms with van der Waals surface area (Å²) in [5, 5.41) is 14.3. The number of halogens is 1. The van der Waals surface area contributed by atoms with Crippen LogP contribution in [0.5, 0.6) is 0 Å². The second kappa shape index (κ2) is 5.55. The molecule has 0 radical (unpaired) electrons. The lowest BCUT2D eigenvalue weighted by molar-refractivity contribution is 0.0930. The minimum Gasteiger partial charge on any atom is -0.409 e. The van der Waals surface area contributed by atoms with Gasteiger partial charge in [0.05, 0.1) is 11.1 Å². The highest BCUT2D eigenvalue weighted by molar-refractivity contribution is 14.1. The summed E-state index contributed by atoms with van der Waals surface area (Å²) in [5.41, 5.74) is 6.23. The predicted octanol–water partition coefficient (Wildman–Crippen LogP) is 1.85. The van der Waals surface area contributed by atoms with Gasteiger partial charge in [-0.25, -0.2) is 0 Å². The van der Waals surface area contributed by atoms with Gasteiger partial charge in [0.1, 0.15) is 0 Å². The molecule has 1 amide bonds. The Labute approximate surface area is 120 Å². The zero-order chi connectivity index (χ0) is 13.9. The maximum absolute atomic E-state index is 12.1. The van der Waals surface area contributed by atoms with Crippen molar-refractivity contribution >= 4 is 34.3 Å². The topological polar surface area (TPSA) is 87.7 Å². The fourth-order valence-corrected chi connectivity index (χ4v) is 1.97. The van der Waals surface area contributed by atoms with Crippen LogP contribution in [-0.2, 0) is 0 Å². The Balaban J connectivity index is 3.00. The molecule has 0 fully saturated rings. The first-order chi connectivity index (χ1) is 8.29. The van der Waals surface area contributed by atoms with Gasteiger partial charge >= 0.3 is 0 Å². The van der Waals surface area contributed by atoms with E-state index in [9.17, 15) is 4.79 Å². The molecule has 0 aliphatic heterocycles. The normalized spacial score (nSPS) is 12.3. The zero-order valence-electron chi connectivity index (χ0n) is 10.5. The Morgan fingerprint density at radius 1 is 1.50 bits per heavy atom. The maximum atomic E-state index is 12.1. The molecule has 5 nitrogen and oxygen atoms in total. The number of benzene rings is 1. The Morgan fingerprint density at radius 3 is 2.67 bits per heavy atom. The molecule has 18 heavy (non-hydrogen) atoms. The van der Waals surface area contributed by atoms with Gasteiger partial charge in [0.25, 0.3) is 5.91 Å². The predicted molar refractivity (Wildman–Crippen MR) is 78.9 cm³/mol. The third kappa shape index (κ3) is 3.12. The van der Waals surface area contributed by atoms with Crippen molar-refractivity contribution in [3.8, 4) is 0 Å². The first-order valence-corrected chi connectivity index (χ1v) is 6.43. The van der Waals surface area contributed by atoms with Crippen molar-refractivity contribution in [1.82, 2.24) is 5.32 Å². The monoisotopic (exact) mass is 361 g/mol. The number of nitrogens with two attached hydrogens (primary N) is 1. The smallest absolute Gasteiger partial charge is 0.253 e. The number of rotatable bonds is 3. The fraction of sp³-hybridized carbons (Fsp3) is 0.333. The van der Waals surface area contributed by atoms with Crippen molar-refractivity contribution in [2.45, 2.75) is 26.3 Å². The van der Waals surface area contributed by atoms with Gasteiger partial charge in [-0.3, -0.25) is 4.79 Å². The molecule has 0 atom stereocenters. The largest absolute Gasteiger partial charge is 0.409 e. The second-order valence-electron chi connectivity index (χ2n) is 4.50. The number of hydrogen-bond donors (Lipinski definition) is 3. The van der Waals surface area contributed by atoms with E-state index in [1.807, 2.05) is 19.1 Å². The molecule has 4 N–H and O–H groups in total. The standard InChI is InChI=1S/C12H16IN3O2/c1-7-5-4-6-8(9(7)13)10(17)15-12(2,3)11(14)16-18/h4-6,18H,1-3H3,(H2,14,16)(H,15,17). The summed E-state index contributed by atoms with van der Waals surface area (Å²) in [5.74, 6) is -0.293. The molecule has 1 aromatic carbocycles. The zero-order valence-corrected chi connectivity index (χ0v) is 12.6. The minimum atomic E-state index is -0.904. The molecule has 0 bridgehead atoms. The Bertz CT molecular complexity index is 498. The van der Waals surface area contributed by atoms with Crippen molar-refractivity contribution < 1.29 is 10.0 Å². The molecule has 0 unspecified atom stereocenters. The van der Waals surface area contributed by atoms with Gasteiger partial charge in [0.15, 0.2) is 5.84 Å². The Hall–Kier alpha value is -1.31. The van der Waals surface area contributed by atoms with Crippen LogP contribution < -0.4 is 11.1 Å². The van der Waals surface area contributed by atoms with Crippen LogP contribution in [-0.4, -0.2) is 22.5 Å². The number of hydrogen-bond acceptors (Lipinski definition) is 3. The molecule has 0 saturated carbocycles. The first kappa shape index (κ1) is 14.7. The van der Waals surface area contributed by atoms with Gasteiger partial charge in [0, 0.05) is 3.57 Å². The minimum absolute atomic E-state index is 0.0430. The molecule has 6 heteroatoms. The van der Waals surface area contributed by atoms with Crippen molar-refractivity contribution in [2.24, 2.45) is 10.9 Å². The van der Waals surface area contributed by atoms with Crippen LogP contribution in [0.15, 0.2) is 23.4 Å². The van der Waals surface area contributed by atoms with Crippen molar-refractivity contribution in [1.29, 1.82) is 0 Å². The van der Waals surface area contributed by atoms with E-state index >= 15 is 0 Å². The van der Waals surface area contributed by atoms with Crippen LogP contribution >= 0.6 is 22.6 Å². The lowest BCUT2D eigenvalue weighted by atomic mass is 10.0. The molecule has 0 spiro atoms. The van der Waals surface area contributed by atoms with Crippen LogP contribution in [0.2, 0.25) is 0 Å². The van der Waals surface area contributed by atoms with Gasteiger partial charge in [-0.1, -0.05) is 17.3 Å². The van der Waals surface area contributed by atoms with Gasteiger partial charge < -0.3 is 16.3 Å². The third-order valence-corrected chi connectivity index (χ3v) is 4.04. The van der Waals surface area contributed by atoms with Gasteiger partial charge in [-0.2, -0.15) is 0 Å². The van der Waals surface area contributed by atoms with Gasteiger partial charge in [0.2, 0.25) is 0 Å². The highest BCUT2D eigenvalue weighted by Crippen LogP contribution is 2.17. The number of amides is 1. The summed E-state index contributed by atoms with van der Waals surface area (Å²) >= 11 is 2.13. The average Bonchev–Trinajstić information content (AvgIpc) is 2.30. The van der Waals surface area contributed by atoms with Crippen molar-refractivity contribution in [2.75, 3.05) is 0 Å². The summed E-state index contributed by atoms with van der Waals surface area (Å²) in [6.07, 6.45) is 0. The van der Waals surface area contributed by atoms with E-state index in [1.165, 1.54) is 0 Å². The molecule has 0 heterocycles. The quantitative estimate of drug-likeness (QED) is 0.253. The highest BCUT2D eigenvalue weighted by Gasteiger charge is 2.27. The van der Waals surface area contributed by atoms with Crippen LogP contribution in [0.4, 0.5) is 0 Å². The fourth-order valence-electron chi connectivity index (χ4n) is 1.36. The van der Waals surface area contributed by atoms with E-state index in [1.54, 1.807) is 19.9 Å². The van der Waals surface area contributed by atoms with E-state index in [4.69, 9.17) is 10.9 Å². The third-order valence-electron chi connectivity index (χ3n) is 2.61. The first-order valence-electron chi connectivity index (χ1n) is 5.35. The number of nitrogens with one attached hydrogen (secondary N) is 1. The summed E-state index contributed by atoms with van der Waals surface area (Å²) in [7, 11) is 0. The number of nitrogens with zero attached hydrogens (tertiary/aromatic N) is 1. The highest BCUT2D eigenvalue weighted by atomic mass is 127. The Kier molecular flexibility index (Phi) is 4.55. The molecule has 0 saturated heterocycles. The molecule has 0 aromatic heterocycles.